The Morgan fingerprint density at radius 1 is 1.43 bits per heavy atom. The minimum atomic E-state index is -0.787. The highest BCUT2D eigenvalue weighted by Crippen LogP contribution is 2.31. The number of Topliss-reactive ketones (excluding diaryl/α,β-unsaturated/α-hetero) is 1. The maximum absolute atomic E-state index is 12.8. The molecule has 14 heavy (non-hydrogen) atoms. The first-order chi connectivity index (χ1) is 6.49. The molecule has 0 atom stereocenters. The molecule has 0 saturated heterocycles. The van der Waals surface area contributed by atoms with Crippen molar-refractivity contribution in [1.82, 2.24) is 0 Å². The van der Waals surface area contributed by atoms with Crippen LogP contribution in [0.1, 0.15) is 19.4 Å². The van der Waals surface area contributed by atoms with Crippen molar-refractivity contribution in [2.24, 2.45) is 0 Å². The van der Waals surface area contributed by atoms with Gasteiger partial charge in [0.15, 0.2) is 11.4 Å². The van der Waals surface area contributed by atoms with Gasteiger partial charge < -0.3 is 4.74 Å². The lowest BCUT2D eigenvalue weighted by atomic mass is 9.93. The van der Waals surface area contributed by atoms with Crippen molar-refractivity contribution in [3.8, 4) is 5.75 Å². The van der Waals surface area contributed by atoms with Crippen LogP contribution in [0.25, 0.3) is 0 Å². The summed E-state index contributed by atoms with van der Waals surface area (Å²) in [7, 11) is 0. The second kappa shape index (κ2) is 2.80. The van der Waals surface area contributed by atoms with Crippen LogP contribution in [-0.4, -0.2) is 11.4 Å². The number of halogens is 1. The van der Waals surface area contributed by atoms with Crippen molar-refractivity contribution < 1.29 is 13.9 Å². The molecule has 3 heteroatoms. The molecule has 0 fully saturated rings. The number of fused-ring (bicyclic) bond motifs is 1. The first kappa shape index (κ1) is 9.19. The van der Waals surface area contributed by atoms with E-state index in [4.69, 9.17) is 4.74 Å². The van der Waals surface area contributed by atoms with Crippen LogP contribution in [0.4, 0.5) is 4.39 Å². The fourth-order valence-corrected chi connectivity index (χ4v) is 1.50. The minimum absolute atomic E-state index is 0.0180. The largest absolute Gasteiger partial charge is 0.480 e. The Labute approximate surface area is 81.7 Å². The molecule has 0 unspecified atom stereocenters. The number of carbonyl (C=O) groups is 1. The average Bonchev–Trinajstić information content (AvgIpc) is 2.08. The van der Waals surface area contributed by atoms with Crippen LogP contribution in [0, 0.1) is 5.82 Å². The van der Waals surface area contributed by atoms with Crippen LogP contribution in [0.3, 0.4) is 0 Å². The zero-order valence-electron chi connectivity index (χ0n) is 8.13. The molecule has 2 nitrogen and oxygen atoms in total. The Bertz CT molecular complexity index is 396. The Kier molecular flexibility index (Phi) is 1.84. The van der Waals surface area contributed by atoms with Gasteiger partial charge in [0, 0.05) is 12.0 Å². The van der Waals surface area contributed by atoms with Gasteiger partial charge in [-0.2, -0.15) is 0 Å². The minimum Gasteiger partial charge on any atom is -0.480 e. The van der Waals surface area contributed by atoms with E-state index >= 15 is 0 Å². The van der Waals surface area contributed by atoms with Crippen LogP contribution < -0.4 is 4.74 Å². The number of hydrogen-bond donors (Lipinski definition) is 0. The number of rotatable bonds is 0. The van der Waals surface area contributed by atoms with Crippen molar-refractivity contribution in [3.63, 3.8) is 0 Å². The van der Waals surface area contributed by atoms with Crippen molar-refractivity contribution in [1.29, 1.82) is 0 Å². The molecule has 2 rings (SSSR count). The molecule has 1 aromatic carbocycles. The Morgan fingerprint density at radius 3 is 2.86 bits per heavy atom. The van der Waals surface area contributed by atoms with E-state index in [9.17, 15) is 9.18 Å². The first-order valence-electron chi connectivity index (χ1n) is 4.50. The van der Waals surface area contributed by atoms with Gasteiger partial charge in [0.05, 0.1) is 0 Å². The summed E-state index contributed by atoms with van der Waals surface area (Å²) >= 11 is 0. The molecule has 0 aromatic heterocycles. The smallest absolute Gasteiger partial charge is 0.180 e. The van der Waals surface area contributed by atoms with Crippen LogP contribution in [0.5, 0.6) is 5.75 Å². The molecule has 1 heterocycles. The van der Waals surface area contributed by atoms with E-state index in [-0.39, 0.29) is 18.0 Å². The predicted molar refractivity (Wildman–Crippen MR) is 49.8 cm³/mol. The van der Waals surface area contributed by atoms with Gasteiger partial charge in [-0.3, -0.25) is 4.79 Å². The number of ether oxygens (including phenoxy) is 1. The lowest BCUT2D eigenvalue weighted by Crippen LogP contribution is -2.42. The summed E-state index contributed by atoms with van der Waals surface area (Å²) in [6, 6.07) is 4.26. The second-order valence-corrected chi connectivity index (χ2v) is 3.96. The summed E-state index contributed by atoms with van der Waals surface area (Å²) in [4.78, 5) is 11.5. The van der Waals surface area contributed by atoms with Crippen molar-refractivity contribution in [3.05, 3.63) is 29.6 Å². The molecule has 0 amide bonds. The van der Waals surface area contributed by atoms with E-state index in [1.54, 1.807) is 19.9 Å². The van der Waals surface area contributed by atoms with Gasteiger partial charge in [-0.15, -0.1) is 0 Å². The molecule has 0 aliphatic carbocycles. The zero-order valence-corrected chi connectivity index (χ0v) is 8.13. The highest BCUT2D eigenvalue weighted by atomic mass is 19.1. The van der Waals surface area contributed by atoms with Crippen LogP contribution in [0.15, 0.2) is 18.2 Å². The maximum Gasteiger partial charge on any atom is 0.180 e. The summed E-state index contributed by atoms with van der Waals surface area (Å²) in [5, 5.41) is 0. The molecule has 0 spiro atoms. The van der Waals surface area contributed by atoms with Gasteiger partial charge in [-0.25, -0.2) is 4.39 Å². The van der Waals surface area contributed by atoms with Gasteiger partial charge in [0.1, 0.15) is 11.6 Å². The van der Waals surface area contributed by atoms with E-state index in [0.717, 1.165) is 0 Å². The Morgan fingerprint density at radius 2 is 2.14 bits per heavy atom. The number of hydrogen-bond acceptors (Lipinski definition) is 2. The van der Waals surface area contributed by atoms with E-state index < -0.39 is 5.60 Å². The topological polar surface area (TPSA) is 26.3 Å². The molecule has 0 N–H and O–H groups in total. The molecule has 1 aromatic rings. The van der Waals surface area contributed by atoms with Gasteiger partial charge in [0.2, 0.25) is 0 Å². The molecule has 1 aliphatic rings. The Balaban J connectivity index is 2.46. The third-order valence-corrected chi connectivity index (χ3v) is 2.41. The lowest BCUT2D eigenvalue weighted by Gasteiger charge is -2.30. The third-order valence-electron chi connectivity index (χ3n) is 2.41. The van der Waals surface area contributed by atoms with Crippen LogP contribution in [0.2, 0.25) is 0 Å². The van der Waals surface area contributed by atoms with Gasteiger partial charge in [-0.1, -0.05) is 0 Å². The molecule has 74 valence electrons. The number of ketones is 1. The highest BCUT2D eigenvalue weighted by Gasteiger charge is 2.35. The standard InChI is InChI=1S/C11H11FO2/c1-11(2)10(13)6-7-5-8(12)3-4-9(7)14-11/h3-5H,6H2,1-2H3. The Hall–Kier alpha value is -1.38. The summed E-state index contributed by atoms with van der Waals surface area (Å²) in [6.45, 7) is 3.45. The van der Waals surface area contributed by atoms with Crippen LogP contribution in [-0.2, 0) is 11.2 Å². The third kappa shape index (κ3) is 1.39. The van der Waals surface area contributed by atoms with E-state index in [1.807, 2.05) is 0 Å². The monoisotopic (exact) mass is 194 g/mol. The van der Waals surface area contributed by atoms with Gasteiger partial charge in [0.25, 0.3) is 0 Å². The first-order valence-corrected chi connectivity index (χ1v) is 4.50. The van der Waals surface area contributed by atoms with E-state index in [0.29, 0.717) is 11.3 Å². The summed E-state index contributed by atoms with van der Waals surface area (Å²) in [5.41, 5.74) is -0.153. The van der Waals surface area contributed by atoms with Gasteiger partial charge >= 0.3 is 0 Å². The van der Waals surface area contributed by atoms with Crippen molar-refractivity contribution in [2.75, 3.05) is 0 Å². The van der Waals surface area contributed by atoms with Crippen molar-refractivity contribution in [2.45, 2.75) is 25.9 Å². The highest BCUT2D eigenvalue weighted by molar-refractivity contribution is 5.90. The quantitative estimate of drug-likeness (QED) is 0.632. The SMILES string of the molecule is CC1(C)Oc2ccc(F)cc2CC1=O. The van der Waals surface area contributed by atoms with Crippen molar-refractivity contribution >= 4 is 5.78 Å². The summed E-state index contributed by atoms with van der Waals surface area (Å²) < 4.78 is 18.3. The van der Waals surface area contributed by atoms with E-state index in [2.05, 4.69) is 0 Å². The molecule has 0 bridgehead atoms. The van der Waals surface area contributed by atoms with E-state index in [1.165, 1.54) is 12.1 Å². The predicted octanol–water partition coefficient (Wildman–Crippen LogP) is 2.11. The molecular formula is C11H11FO2. The average molecular weight is 194 g/mol. The lowest BCUT2D eigenvalue weighted by molar-refractivity contribution is -0.132. The second-order valence-electron chi connectivity index (χ2n) is 3.96. The molecule has 0 radical (unpaired) electrons. The fourth-order valence-electron chi connectivity index (χ4n) is 1.50. The van der Waals surface area contributed by atoms with Crippen LogP contribution >= 0.6 is 0 Å². The normalized spacial score (nSPS) is 18.6. The molecular weight excluding hydrogens is 183 g/mol. The number of benzene rings is 1. The number of carbonyl (C=O) groups excluding carboxylic acids is 1. The van der Waals surface area contributed by atoms with Gasteiger partial charge in [-0.05, 0) is 32.0 Å². The fraction of sp³-hybridized carbons (Fsp3) is 0.364. The summed E-state index contributed by atoms with van der Waals surface area (Å²) in [5.74, 6) is 0.256. The molecule has 0 saturated carbocycles. The maximum atomic E-state index is 12.8. The summed E-state index contributed by atoms with van der Waals surface area (Å²) in [6.07, 6.45) is 0.250. The zero-order chi connectivity index (χ0) is 10.3. The molecule has 1 aliphatic heterocycles.